The topological polar surface area (TPSA) is 110 Å². The first-order chi connectivity index (χ1) is 15.0. The summed E-state index contributed by atoms with van der Waals surface area (Å²) in [5, 5.41) is 17.7. The average molecular weight is 438 g/mol. The van der Waals surface area contributed by atoms with Crippen molar-refractivity contribution in [1.29, 1.82) is 5.26 Å². The van der Waals surface area contributed by atoms with Gasteiger partial charge in [0.25, 0.3) is 5.91 Å². The normalized spacial score (nSPS) is 18.5. The highest BCUT2D eigenvalue weighted by atomic mass is 35.5. The van der Waals surface area contributed by atoms with Crippen molar-refractivity contribution >= 4 is 17.5 Å². The van der Waals surface area contributed by atoms with Crippen LogP contribution < -0.4 is 4.74 Å². The Balaban J connectivity index is 1.59. The molecule has 4 rings (SSSR count). The van der Waals surface area contributed by atoms with E-state index in [0.29, 0.717) is 34.8 Å². The molecule has 0 aromatic carbocycles. The molecule has 0 aliphatic carbocycles. The van der Waals surface area contributed by atoms with Gasteiger partial charge in [0.05, 0.1) is 36.1 Å². The fourth-order valence-electron chi connectivity index (χ4n) is 3.61. The van der Waals surface area contributed by atoms with E-state index in [2.05, 4.69) is 26.2 Å². The average Bonchev–Trinajstić information content (AvgIpc) is 3.31. The maximum atomic E-state index is 13.5. The van der Waals surface area contributed by atoms with Crippen LogP contribution in [0.1, 0.15) is 41.3 Å². The summed E-state index contributed by atoms with van der Waals surface area (Å²) in [4.78, 5) is 24.9. The van der Waals surface area contributed by atoms with Crippen molar-refractivity contribution < 1.29 is 9.53 Å². The second-order valence-electron chi connectivity index (χ2n) is 7.37. The quantitative estimate of drug-likeness (QED) is 0.577. The number of amides is 1. The van der Waals surface area contributed by atoms with E-state index in [1.807, 2.05) is 6.92 Å². The van der Waals surface area contributed by atoms with Gasteiger partial charge in [0.2, 0.25) is 5.88 Å². The van der Waals surface area contributed by atoms with E-state index >= 15 is 0 Å². The van der Waals surface area contributed by atoms with E-state index in [-0.39, 0.29) is 23.2 Å². The Labute approximate surface area is 184 Å². The molecule has 158 valence electrons. The van der Waals surface area contributed by atoms with Crippen molar-refractivity contribution in [1.82, 2.24) is 29.9 Å². The summed E-state index contributed by atoms with van der Waals surface area (Å²) in [6, 6.07) is 5.37. The van der Waals surface area contributed by atoms with Crippen LogP contribution in [0.2, 0.25) is 5.15 Å². The number of carbonyl (C=O) groups is 1. The Hall–Kier alpha value is -3.51. The molecule has 0 bridgehead atoms. The summed E-state index contributed by atoms with van der Waals surface area (Å²) in [7, 11) is 0. The van der Waals surface area contributed by atoms with Gasteiger partial charge < -0.3 is 9.64 Å². The Bertz CT molecular complexity index is 1140. The molecule has 1 aliphatic rings. The molecule has 0 saturated carbocycles. The Kier molecular flexibility index (Phi) is 5.82. The molecular weight excluding hydrogens is 418 g/mol. The third kappa shape index (κ3) is 4.20. The van der Waals surface area contributed by atoms with Gasteiger partial charge in [0.15, 0.2) is 0 Å². The molecule has 3 aromatic heterocycles. The monoisotopic (exact) mass is 437 g/mol. The molecule has 2 atom stereocenters. The van der Waals surface area contributed by atoms with Crippen LogP contribution in [0.5, 0.6) is 5.88 Å². The summed E-state index contributed by atoms with van der Waals surface area (Å²) in [5.74, 6) is 0.216. The third-order valence-electron chi connectivity index (χ3n) is 5.37. The number of aromatic nitrogens is 5. The van der Waals surface area contributed by atoms with E-state index in [1.54, 1.807) is 30.2 Å². The molecule has 31 heavy (non-hydrogen) atoms. The number of rotatable bonds is 4. The number of pyridine rings is 2. The number of nitriles is 1. The summed E-state index contributed by atoms with van der Waals surface area (Å²) in [5.41, 5.74) is 2.03. The maximum absolute atomic E-state index is 13.5. The molecule has 0 radical (unpaired) electrons. The fraction of sp³-hybridized carbons (Fsp3) is 0.333. The van der Waals surface area contributed by atoms with Crippen molar-refractivity contribution in [2.45, 2.75) is 38.8 Å². The SMILES string of the molecule is Cc1c(C#N)ccnc1OC1CCC(C)N(C(=O)c2cnc(Cl)cc2-n2nccn2)C1. The van der Waals surface area contributed by atoms with E-state index in [1.165, 1.54) is 23.4 Å². The summed E-state index contributed by atoms with van der Waals surface area (Å²) < 4.78 is 6.09. The number of hydrogen-bond acceptors (Lipinski definition) is 7. The predicted molar refractivity (Wildman–Crippen MR) is 112 cm³/mol. The van der Waals surface area contributed by atoms with Crippen LogP contribution in [-0.2, 0) is 0 Å². The Morgan fingerprint density at radius 3 is 2.77 bits per heavy atom. The standard InChI is InChI=1S/C21H20ClN7O2/c1-13-3-4-16(31-20-14(2)15(10-23)5-6-24-20)12-28(13)21(30)17-11-25-19(22)9-18(17)29-26-7-8-27-29/h5-9,11,13,16H,3-4,12H2,1-2H3. The van der Waals surface area contributed by atoms with Crippen LogP contribution in [0.4, 0.5) is 0 Å². The molecular formula is C21H20ClN7O2. The van der Waals surface area contributed by atoms with Gasteiger partial charge in [-0.2, -0.15) is 20.3 Å². The number of nitrogens with zero attached hydrogens (tertiary/aromatic N) is 7. The summed E-state index contributed by atoms with van der Waals surface area (Å²) >= 11 is 6.05. The first kappa shape index (κ1) is 20.8. The first-order valence-electron chi connectivity index (χ1n) is 9.83. The van der Waals surface area contributed by atoms with Crippen molar-refractivity contribution in [3.8, 4) is 17.6 Å². The van der Waals surface area contributed by atoms with Gasteiger partial charge in [0.1, 0.15) is 16.9 Å². The molecule has 1 saturated heterocycles. The summed E-state index contributed by atoms with van der Waals surface area (Å²) in [6.07, 6.45) is 7.35. The van der Waals surface area contributed by atoms with Gasteiger partial charge in [-0.05, 0) is 32.8 Å². The molecule has 10 heteroatoms. The third-order valence-corrected chi connectivity index (χ3v) is 5.58. The number of ether oxygens (including phenoxy) is 1. The van der Waals surface area contributed by atoms with Crippen LogP contribution in [0.25, 0.3) is 5.69 Å². The van der Waals surface area contributed by atoms with Crippen LogP contribution in [-0.4, -0.2) is 54.5 Å². The van der Waals surface area contributed by atoms with Crippen LogP contribution in [0.3, 0.4) is 0 Å². The zero-order valence-electron chi connectivity index (χ0n) is 17.1. The largest absolute Gasteiger partial charge is 0.472 e. The number of halogens is 1. The molecule has 0 spiro atoms. The molecule has 4 heterocycles. The smallest absolute Gasteiger partial charge is 0.258 e. The van der Waals surface area contributed by atoms with Gasteiger partial charge >= 0.3 is 0 Å². The summed E-state index contributed by atoms with van der Waals surface area (Å²) in [6.45, 7) is 4.19. The first-order valence-corrected chi connectivity index (χ1v) is 10.2. The van der Waals surface area contributed by atoms with Crippen molar-refractivity contribution in [3.63, 3.8) is 0 Å². The molecule has 1 aliphatic heterocycles. The van der Waals surface area contributed by atoms with E-state index in [0.717, 1.165) is 12.8 Å². The van der Waals surface area contributed by atoms with Crippen molar-refractivity contribution in [2.75, 3.05) is 6.54 Å². The number of hydrogen-bond donors (Lipinski definition) is 0. The highest BCUT2D eigenvalue weighted by molar-refractivity contribution is 6.29. The fourth-order valence-corrected chi connectivity index (χ4v) is 3.76. The predicted octanol–water partition coefficient (Wildman–Crippen LogP) is 2.96. The second kappa shape index (κ2) is 8.70. The lowest BCUT2D eigenvalue weighted by atomic mass is 10.00. The molecule has 1 fully saturated rings. The Morgan fingerprint density at radius 1 is 1.26 bits per heavy atom. The van der Waals surface area contributed by atoms with E-state index < -0.39 is 0 Å². The molecule has 9 nitrogen and oxygen atoms in total. The van der Waals surface area contributed by atoms with Gasteiger partial charge in [-0.1, -0.05) is 11.6 Å². The highest BCUT2D eigenvalue weighted by Gasteiger charge is 2.33. The van der Waals surface area contributed by atoms with Crippen molar-refractivity contribution in [2.24, 2.45) is 0 Å². The minimum atomic E-state index is -0.244. The van der Waals surface area contributed by atoms with Crippen molar-refractivity contribution in [3.05, 3.63) is 58.8 Å². The lowest BCUT2D eigenvalue weighted by molar-refractivity contribution is 0.0370. The minimum absolute atomic E-state index is 0.0148. The molecule has 2 unspecified atom stereocenters. The van der Waals surface area contributed by atoms with Crippen LogP contribution in [0, 0.1) is 18.3 Å². The minimum Gasteiger partial charge on any atom is -0.472 e. The zero-order valence-corrected chi connectivity index (χ0v) is 17.8. The van der Waals surface area contributed by atoms with E-state index in [4.69, 9.17) is 16.3 Å². The maximum Gasteiger partial charge on any atom is 0.258 e. The molecule has 1 amide bonds. The van der Waals surface area contributed by atoms with Gasteiger partial charge in [0, 0.05) is 30.1 Å². The molecule has 0 N–H and O–H groups in total. The lowest BCUT2D eigenvalue weighted by Crippen LogP contribution is -2.49. The number of carbonyl (C=O) groups excluding carboxylic acids is 1. The van der Waals surface area contributed by atoms with Gasteiger partial charge in [-0.3, -0.25) is 4.79 Å². The lowest BCUT2D eigenvalue weighted by Gasteiger charge is -2.38. The van der Waals surface area contributed by atoms with E-state index in [9.17, 15) is 10.1 Å². The number of likely N-dealkylation sites (tertiary alicyclic amines) is 1. The highest BCUT2D eigenvalue weighted by Crippen LogP contribution is 2.27. The van der Waals surface area contributed by atoms with Crippen LogP contribution in [0.15, 0.2) is 36.9 Å². The Morgan fingerprint density at radius 2 is 2.03 bits per heavy atom. The van der Waals surface area contributed by atoms with Gasteiger partial charge in [-0.15, -0.1) is 0 Å². The second-order valence-corrected chi connectivity index (χ2v) is 7.75. The van der Waals surface area contributed by atoms with Gasteiger partial charge in [-0.25, -0.2) is 9.97 Å². The van der Waals surface area contributed by atoms with Crippen LogP contribution >= 0.6 is 11.6 Å². The molecule has 3 aromatic rings. The zero-order chi connectivity index (χ0) is 22.0. The number of piperidine rings is 1.